The van der Waals surface area contributed by atoms with Crippen LogP contribution in [-0.4, -0.2) is 30.2 Å². The van der Waals surface area contributed by atoms with Crippen LogP contribution in [0, 0.1) is 0 Å². The number of hydrogen-bond donors (Lipinski definition) is 3. The number of nitrogens with zero attached hydrogens (tertiary/aromatic N) is 1. The molecule has 0 atom stereocenters. The molecule has 0 aliphatic carbocycles. The van der Waals surface area contributed by atoms with Gasteiger partial charge < -0.3 is 19.9 Å². The first-order valence-electron chi connectivity index (χ1n) is 9.34. The van der Waals surface area contributed by atoms with Gasteiger partial charge in [-0.3, -0.25) is 9.59 Å². The summed E-state index contributed by atoms with van der Waals surface area (Å²) in [6, 6.07) is 21.2. The van der Waals surface area contributed by atoms with E-state index in [1.54, 1.807) is 42.5 Å². The number of benzene rings is 3. The number of para-hydroxylation sites is 1. The Kier molecular flexibility index (Phi) is 7.21. The summed E-state index contributed by atoms with van der Waals surface area (Å²) >= 11 is 0. The average molecular weight is 419 g/mol. The topological polar surface area (TPSA) is 109 Å². The lowest BCUT2D eigenvalue weighted by Crippen LogP contribution is -2.32. The molecule has 0 aromatic heterocycles. The second kappa shape index (κ2) is 10.4. The number of methoxy groups -OCH3 is 1. The zero-order valence-electron chi connectivity index (χ0n) is 16.7. The molecular formula is C23H21N3O5. The molecule has 0 bridgehead atoms. The van der Waals surface area contributed by atoms with Crippen molar-refractivity contribution in [3.63, 3.8) is 0 Å². The highest BCUT2D eigenvalue weighted by Gasteiger charge is 2.13. The third-order valence-corrected chi connectivity index (χ3v) is 4.19. The number of phenolic OH excluding ortho intramolecular Hbond substituents is 1. The van der Waals surface area contributed by atoms with E-state index in [2.05, 4.69) is 15.8 Å². The predicted molar refractivity (Wildman–Crippen MR) is 116 cm³/mol. The molecule has 0 aliphatic rings. The van der Waals surface area contributed by atoms with Crippen molar-refractivity contribution in [2.75, 3.05) is 12.4 Å². The molecule has 0 unspecified atom stereocenters. The molecule has 0 radical (unpaired) electrons. The number of anilines is 1. The zero-order valence-corrected chi connectivity index (χ0v) is 16.7. The lowest BCUT2D eigenvalue weighted by Gasteiger charge is -2.08. The summed E-state index contributed by atoms with van der Waals surface area (Å²) in [6.07, 6.45) is 1.21. The van der Waals surface area contributed by atoms with Crippen LogP contribution in [0.25, 0.3) is 0 Å². The minimum absolute atomic E-state index is 0.123. The molecule has 0 spiro atoms. The molecule has 158 valence electrons. The number of aromatic hydroxyl groups is 1. The molecule has 3 aromatic carbocycles. The summed E-state index contributed by atoms with van der Waals surface area (Å²) in [4.78, 5) is 23.9. The van der Waals surface area contributed by atoms with Crippen molar-refractivity contribution in [2.45, 2.75) is 6.61 Å². The number of carbonyl (C=O) groups excluding carboxylic acids is 2. The van der Waals surface area contributed by atoms with E-state index in [4.69, 9.17) is 9.47 Å². The first-order chi connectivity index (χ1) is 15.1. The van der Waals surface area contributed by atoms with Crippen LogP contribution < -0.4 is 20.2 Å². The summed E-state index contributed by atoms with van der Waals surface area (Å²) in [5.41, 5.74) is 3.91. The molecule has 3 rings (SSSR count). The molecule has 0 aliphatic heterocycles. The van der Waals surface area contributed by atoms with Crippen LogP contribution in [0.5, 0.6) is 17.2 Å². The molecule has 3 N–H and O–H groups in total. The van der Waals surface area contributed by atoms with Crippen LogP contribution in [0.15, 0.2) is 77.9 Å². The van der Waals surface area contributed by atoms with Gasteiger partial charge in [-0.05, 0) is 42.0 Å². The molecule has 2 amide bonds. The Morgan fingerprint density at radius 2 is 1.71 bits per heavy atom. The van der Waals surface area contributed by atoms with Gasteiger partial charge in [0.2, 0.25) is 0 Å². The number of carbonyl (C=O) groups is 2. The van der Waals surface area contributed by atoms with Gasteiger partial charge in [0, 0.05) is 11.3 Å². The third-order valence-electron chi connectivity index (χ3n) is 4.19. The Labute approximate surface area is 179 Å². The van der Waals surface area contributed by atoms with E-state index in [-0.39, 0.29) is 11.5 Å². The van der Waals surface area contributed by atoms with E-state index in [1.807, 2.05) is 30.3 Å². The number of hydrazone groups is 1. The fourth-order valence-corrected chi connectivity index (χ4v) is 2.58. The number of rotatable bonds is 7. The molecule has 0 heterocycles. The van der Waals surface area contributed by atoms with E-state index in [9.17, 15) is 14.7 Å². The van der Waals surface area contributed by atoms with Gasteiger partial charge in [-0.1, -0.05) is 36.4 Å². The molecule has 8 heteroatoms. The number of ether oxygens (including phenoxy) is 2. The lowest BCUT2D eigenvalue weighted by molar-refractivity contribution is -0.136. The van der Waals surface area contributed by atoms with Gasteiger partial charge in [0.25, 0.3) is 0 Å². The molecular weight excluding hydrogens is 398 g/mol. The van der Waals surface area contributed by atoms with Gasteiger partial charge in [0.05, 0.1) is 13.3 Å². The van der Waals surface area contributed by atoms with Crippen molar-refractivity contribution < 1.29 is 24.2 Å². The normalized spacial score (nSPS) is 10.5. The monoisotopic (exact) mass is 419 g/mol. The summed E-state index contributed by atoms with van der Waals surface area (Å²) in [5, 5.41) is 16.1. The summed E-state index contributed by atoms with van der Waals surface area (Å²) in [7, 11) is 1.42. The fourth-order valence-electron chi connectivity index (χ4n) is 2.58. The molecule has 3 aromatic rings. The Morgan fingerprint density at radius 1 is 0.968 bits per heavy atom. The second-order valence-corrected chi connectivity index (χ2v) is 6.35. The molecule has 0 saturated carbocycles. The largest absolute Gasteiger partial charge is 0.504 e. The standard InChI is InChI=1S/C23H21N3O5/c1-30-20-9-5-8-17(21(20)27)14-24-26-23(29)22(28)25-18-10-12-19(13-11-18)31-15-16-6-3-2-4-7-16/h2-14,27H,15H2,1H3,(H,25,28)(H,26,29)/b24-14-. The maximum absolute atomic E-state index is 12.0. The van der Waals surface area contributed by atoms with E-state index in [1.165, 1.54) is 13.3 Å². The van der Waals surface area contributed by atoms with Crippen molar-refractivity contribution in [3.8, 4) is 17.2 Å². The van der Waals surface area contributed by atoms with E-state index in [0.717, 1.165) is 5.56 Å². The van der Waals surface area contributed by atoms with Gasteiger partial charge in [0.1, 0.15) is 12.4 Å². The van der Waals surface area contributed by atoms with Gasteiger partial charge in [-0.2, -0.15) is 5.10 Å². The smallest absolute Gasteiger partial charge is 0.329 e. The molecule has 31 heavy (non-hydrogen) atoms. The molecule has 8 nitrogen and oxygen atoms in total. The van der Waals surface area contributed by atoms with Crippen molar-refractivity contribution in [3.05, 3.63) is 83.9 Å². The van der Waals surface area contributed by atoms with E-state index >= 15 is 0 Å². The fraction of sp³-hybridized carbons (Fsp3) is 0.0870. The summed E-state index contributed by atoms with van der Waals surface area (Å²) < 4.78 is 10.7. The average Bonchev–Trinajstić information content (AvgIpc) is 2.80. The third kappa shape index (κ3) is 6.07. The highest BCUT2D eigenvalue weighted by molar-refractivity contribution is 6.39. The Balaban J connectivity index is 1.49. The molecule has 0 fully saturated rings. The number of amides is 2. The molecule has 0 saturated heterocycles. The first kappa shape index (κ1) is 21.4. The predicted octanol–water partition coefficient (Wildman–Crippen LogP) is 3.07. The minimum atomic E-state index is -0.956. The maximum Gasteiger partial charge on any atom is 0.329 e. The van der Waals surface area contributed by atoms with Crippen molar-refractivity contribution in [2.24, 2.45) is 5.10 Å². The zero-order chi connectivity index (χ0) is 22.1. The van der Waals surface area contributed by atoms with Crippen molar-refractivity contribution >= 4 is 23.7 Å². The highest BCUT2D eigenvalue weighted by Crippen LogP contribution is 2.27. The minimum Gasteiger partial charge on any atom is -0.504 e. The highest BCUT2D eigenvalue weighted by atomic mass is 16.5. The van der Waals surface area contributed by atoms with Crippen LogP contribution >= 0.6 is 0 Å². The van der Waals surface area contributed by atoms with Crippen LogP contribution in [0.3, 0.4) is 0 Å². The summed E-state index contributed by atoms with van der Waals surface area (Å²) in [5.74, 6) is -1.06. The van der Waals surface area contributed by atoms with Crippen LogP contribution in [-0.2, 0) is 16.2 Å². The van der Waals surface area contributed by atoms with Gasteiger partial charge >= 0.3 is 11.8 Å². The lowest BCUT2D eigenvalue weighted by atomic mass is 10.2. The Bertz CT molecular complexity index is 1070. The number of nitrogens with one attached hydrogen (secondary N) is 2. The SMILES string of the molecule is COc1cccc(/C=N\NC(=O)C(=O)Nc2ccc(OCc3ccccc3)cc2)c1O. The Hall–Kier alpha value is -4.33. The number of phenols is 1. The second-order valence-electron chi connectivity index (χ2n) is 6.35. The first-order valence-corrected chi connectivity index (χ1v) is 9.34. The van der Waals surface area contributed by atoms with Gasteiger partial charge in [0.15, 0.2) is 11.5 Å². The van der Waals surface area contributed by atoms with E-state index in [0.29, 0.717) is 23.6 Å². The van der Waals surface area contributed by atoms with Gasteiger partial charge in [-0.25, -0.2) is 5.43 Å². The Morgan fingerprint density at radius 3 is 2.42 bits per heavy atom. The number of hydrogen-bond acceptors (Lipinski definition) is 6. The van der Waals surface area contributed by atoms with Crippen LogP contribution in [0.1, 0.15) is 11.1 Å². The van der Waals surface area contributed by atoms with Gasteiger partial charge in [-0.15, -0.1) is 0 Å². The van der Waals surface area contributed by atoms with E-state index < -0.39 is 11.8 Å². The van der Waals surface area contributed by atoms with Crippen LogP contribution in [0.2, 0.25) is 0 Å². The van der Waals surface area contributed by atoms with Crippen molar-refractivity contribution in [1.29, 1.82) is 0 Å². The van der Waals surface area contributed by atoms with Crippen LogP contribution in [0.4, 0.5) is 5.69 Å². The maximum atomic E-state index is 12.0. The quantitative estimate of drug-likeness (QED) is 0.310. The van der Waals surface area contributed by atoms with Crippen molar-refractivity contribution in [1.82, 2.24) is 5.43 Å². The summed E-state index contributed by atoms with van der Waals surface area (Å²) in [6.45, 7) is 0.426.